The third kappa shape index (κ3) is 4.40. The smallest absolute Gasteiger partial charge is 0.129 e. The summed E-state index contributed by atoms with van der Waals surface area (Å²) in [7, 11) is 0. The number of hydrogen-bond acceptors (Lipinski definition) is 4. The Morgan fingerprint density at radius 3 is 1.45 bits per heavy atom. The van der Waals surface area contributed by atoms with Crippen LogP contribution in [0.1, 0.15) is 11.1 Å². The lowest BCUT2D eigenvalue weighted by Crippen LogP contribution is -2.45. The Balaban J connectivity index is 1.47. The van der Waals surface area contributed by atoms with Crippen LogP contribution < -0.4 is 0 Å². The van der Waals surface area contributed by atoms with E-state index in [0.29, 0.717) is 10.3 Å². The van der Waals surface area contributed by atoms with Crippen LogP contribution in [-0.4, -0.2) is 45.9 Å². The fourth-order valence-electron chi connectivity index (χ4n) is 2.62. The van der Waals surface area contributed by atoms with Gasteiger partial charge < -0.3 is 0 Å². The molecule has 1 saturated heterocycles. The van der Waals surface area contributed by atoms with Crippen LogP contribution in [0.4, 0.5) is 0 Å². The molecule has 0 saturated carbocycles. The van der Waals surface area contributed by atoms with Crippen molar-refractivity contribution in [2.45, 2.75) is 13.1 Å². The van der Waals surface area contributed by atoms with Crippen LogP contribution in [0.3, 0.4) is 0 Å². The van der Waals surface area contributed by atoms with E-state index in [0.717, 1.165) is 39.3 Å². The van der Waals surface area contributed by atoms with Gasteiger partial charge in [-0.05, 0) is 23.3 Å². The van der Waals surface area contributed by atoms with Crippen molar-refractivity contribution in [1.82, 2.24) is 19.8 Å². The van der Waals surface area contributed by atoms with Gasteiger partial charge in [-0.25, -0.2) is 9.97 Å². The normalized spacial score (nSPS) is 16.8. The first kappa shape index (κ1) is 15.7. The van der Waals surface area contributed by atoms with Gasteiger partial charge in [0.2, 0.25) is 0 Å². The van der Waals surface area contributed by atoms with Gasteiger partial charge >= 0.3 is 0 Å². The molecule has 0 atom stereocenters. The molecule has 3 rings (SSSR count). The Labute approximate surface area is 140 Å². The standard InChI is InChI=1S/C16H18Cl2N4/c17-15-3-1-13(9-19-15)11-21-5-7-22(8-6-21)12-14-2-4-16(18)20-10-14/h1-4,9-10H,5-8,11-12H2. The molecule has 0 amide bonds. The Kier molecular flexibility index (Phi) is 5.26. The van der Waals surface area contributed by atoms with Crippen molar-refractivity contribution in [2.24, 2.45) is 0 Å². The molecule has 0 aliphatic carbocycles. The minimum Gasteiger partial charge on any atom is -0.296 e. The Morgan fingerprint density at radius 2 is 1.14 bits per heavy atom. The molecular weight excluding hydrogens is 319 g/mol. The lowest BCUT2D eigenvalue weighted by molar-refractivity contribution is 0.122. The second kappa shape index (κ2) is 7.38. The molecule has 1 fully saturated rings. The molecule has 0 aromatic carbocycles. The molecule has 0 spiro atoms. The predicted octanol–water partition coefficient (Wildman–Crippen LogP) is 3.10. The van der Waals surface area contributed by atoms with Crippen molar-refractivity contribution in [3.63, 3.8) is 0 Å². The highest BCUT2D eigenvalue weighted by molar-refractivity contribution is 6.29. The van der Waals surface area contributed by atoms with Crippen LogP contribution in [0.5, 0.6) is 0 Å². The molecule has 1 aliphatic heterocycles. The number of halogens is 2. The summed E-state index contributed by atoms with van der Waals surface area (Å²) in [5, 5.41) is 1.09. The van der Waals surface area contributed by atoms with Crippen LogP contribution in [-0.2, 0) is 13.1 Å². The molecule has 0 radical (unpaired) electrons. The number of piperazine rings is 1. The Bertz CT molecular complexity index is 537. The maximum atomic E-state index is 5.82. The molecule has 2 aromatic rings. The number of hydrogen-bond donors (Lipinski definition) is 0. The van der Waals surface area contributed by atoms with E-state index < -0.39 is 0 Å². The van der Waals surface area contributed by atoms with E-state index in [4.69, 9.17) is 23.2 Å². The molecule has 0 N–H and O–H groups in total. The summed E-state index contributed by atoms with van der Waals surface area (Å²) >= 11 is 11.6. The summed E-state index contributed by atoms with van der Waals surface area (Å²) in [5.41, 5.74) is 2.42. The zero-order chi connectivity index (χ0) is 15.4. The highest BCUT2D eigenvalue weighted by Crippen LogP contribution is 2.13. The molecule has 1 aliphatic rings. The van der Waals surface area contributed by atoms with Gasteiger partial charge in [-0.3, -0.25) is 9.80 Å². The first-order chi connectivity index (χ1) is 10.7. The SMILES string of the molecule is Clc1ccc(CN2CCN(Cc3ccc(Cl)nc3)CC2)cn1. The fourth-order valence-corrected chi connectivity index (χ4v) is 2.85. The van der Waals surface area contributed by atoms with Gasteiger partial charge in [0.25, 0.3) is 0 Å². The first-order valence-corrected chi connectivity index (χ1v) is 8.10. The molecule has 4 nitrogen and oxygen atoms in total. The van der Waals surface area contributed by atoms with Crippen LogP contribution in [0.15, 0.2) is 36.7 Å². The molecule has 116 valence electrons. The first-order valence-electron chi connectivity index (χ1n) is 7.34. The maximum absolute atomic E-state index is 5.82. The summed E-state index contributed by atoms with van der Waals surface area (Å²) in [6.45, 7) is 6.10. The third-order valence-electron chi connectivity index (χ3n) is 3.85. The van der Waals surface area contributed by atoms with Crippen molar-refractivity contribution in [1.29, 1.82) is 0 Å². The second-order valence-corrected chi connectivity index (χ2v) is 6.31. The lowest BCUT2D eigenvalue weighted by atomic mass is 10.2. The van der Waals surface area contributed by atoms with Crippen molar-refractivity contribution < 1.29 is 0 Å². The summed E-state index contributed by atoms with van der Waals surface area (Å²) in [4.78, 5) is 13.2. The van der Waals surface area contributed by atoms with E-state index in [9.17, 15) is 0 Å². The Morgan fingerprint density at radius 1 is 0.727 bits per heavy atom. The quantitative estimate of drug-likeness (QED) is 0.803. The van der Waals surface area contributed by atoms with Crippen molar-refractivity contribution in [3.05, 3.63) is 58.1 Å². The zero-order valence-corrected chi connectivity index (χ0v) is 13.8. The van der Waals surface area contributed by atoms with Gasteiger partial charge in [-0.1, -0.05) is 35.3 Å². The minimum atomic E-state index is 0.546. The summed E-state index contributed by atoms with van der Waals surface area (Å²) < 4.78 is 0. The molecule has 0 unspecified atom stereocenters. The lowest BCUT2D eigenvalue weighted by Gasteiger charge is -2.34. The van der Waals surface area contributed by atoms with Gasteiger partial charge in [0.05, 0.1) is 0 Å². The average molecular weight is 337 g/mol. The van der Waals surface area contributed by atoms with Crippen LogP contribution in [0, 0.1) is 0 Å². The molecular formula is C16H18Cl2N4. The van der Waals surface area contributed by atoms with Gasteiger partial charge in [0.15, 0.2) is 0 Å². The number of nitrogens with zero attached hydrogens (tertiary/aromatic N) is 4. The molecule has 2 aromatic heterocycles. The minimum absolute atomic E-state index is 0.546. The summed E-state index contributed by atoms with van der Waals surface area (Å²) in [6, 6.07) is 7.78. The molecule has 6 heteroatoms. The number of pyridine rings is 2. The van der Waals surface area contributed by atoms with Gasteiger partial charge in [-0.2, -0.15) is 0 Å². The van der Waals surface area contributed by atoms with E-state index in [2.05, 4.69) is 19.8 Å². The van der Waals surface area contributed by atoms with Gasteiger partial charge in [0.1, 0.15) is 10.3 Å². The van der Waals surface area contributed by atoms with E-state index in [1.807, 2.05) is 36.7 Å². The highest BCUT2D eigenvalue weighted by Gasteiger charge is 2.17. The maximum Gasteiger partial charge on any atom is 0.129 e. The van der Waals surface area contributed by atoms with Crippen LogP contribution in [0.25, 0.3) is 0 Å². The van der Waals surface area contributed by atoms with Crippen LogP contribution >= 0.6 is 23.2 Å². The third-order valence-corrected chi connectivity index (χ3v) is 4.30. The van der Waals surface area contributed by atoms with Gasteiger partial charge in [-0.15, -0.1) is 0 Å². The largest absolute Gasteiger partial charge is 0.296 e. The van der Waals surface area contributed by atoms with E-state index in [1.165, 1.54) is 11.1 Å². The summed E-state index contributed by atoms with van der Waals surface area (Å²) in [6.07, 6.45) is 3.71. The topological polar surface area (TPSA) is 32.3 Å². The zero-order valence-electron chi connectivity index (χ0n) is 12.3. The monoisotopic (exact) mass is 336 g/mol. The molecule has 0 bridgehead atoms. The highest BCUT2D eigenvalue weighted by atomic mass is 35.5. The fraction of sp³-hybridized carbons (Fsp3) is 0.375. The summed E-state index contributed by atoms with van der Waals surface area (Å²) in [5.74, 6) is 0. The average Bonchev–Trinajstić information content (AvgIpc) is 2.54. The van der Waals surface area contributed by atoms with Crippen molar-refractivity contribution in [3.8, 4) is 0 Å². The van der Waals surface area contributed by atoms with Crippen LogP contribution in [0.2, 0.25) is 10.3 Å². The predicted molar refractivity (Wildman–Crippen MR) is 89.0 cm³/mol. The Hall–Kier alpha value is -1.20. The van der Waals surface area contributed by atoms with Gasteiger partial charge in [0, 0.05) is 51.7 Å². The second-order valence-electron chi connectivity index (χ2n) is 5.53. The van der Waals surface area contributed by atoms with E-state index >= 15 is 0 Å². The number of rotatable bonds is 4. The van der Waals surface area contributed by atoms with E-state index in [1.54, 1.807) is 0 Å². The number of aromatic nitrogens is 2. The van der Waals surface area contributed by atoms with Crippen molar-refractivity contribution >= 4 is 23.2 Å². The molecule has 3 heterocycles. The van der Waals surface area contributed by atoms with E-state index in [-0.39, 0.29) is 0 Å². The molecule has 22 heavy (non-hydrogen) atoms. The van der Waals surface area contributed by atoms with Crippen molar-refractivity contribution in [2.75, 3.05) is 26.2 Å².